The van der Waals surface area contributed by atoms with Crippen LogP contribution >= 0.6 is 0 Å². The van der Waals surface area contributed by atoms with E-state index in [1.54, 1.807) is 30.3 Å². The van der Waals surface area contributed by atoms with Crippen molar-refractivity contribution in [3.05, 3.63) is 64.4 Å². The second kappa shape index (κ2) is 10.5. The molecule has 0 heterocycles. The molecule has 2 aromatic rings. The minimum Gasteiger partial charge on any atom is -0.508 e. The van der Waals surface area contributed by atoms with Crippen LogP contribution in [0.2, 0.25) is 0 Å². The molecule has 12 nitrogen and oxygen atoms in total. The lowest BCUT2D eigenvalue weighted by atomic mass is 9.59. The summed E-state index contributed by atoms with van der Waals surface area (Å²) in [6.45, 7) is 0. The molecule has 5 rings (SSSR count). The van der Waals surface area contributed by atoms with Gasteiger partial charge in [-0.05, 0) is 53.6 Å². The SMILES string of the molecule is COC(=O)CCC(=O)Nc1ccc(-c2ccc(O)c3c2C[C@H]2C[C@H]4CC(=O)C(C(N)=O)=C(O)[C@@]4(O)C(=O)C2=C3O)cc1. The van der Waals surface area contributed by atoms with Crippen molar-refractivity contribution in [1.29, 1.82) is 0 Å². The van der Waals surface area contributed by atoms with E-state index in [1.165, 1.54) is 13.2 Å². The molecule has 3 atom stereocenters. The third-order valence-electron chi connectivity index (χ3n) is 8.21. The van der Waals surface area contributed by atoms with Crippen molar-refractivity contribution >= 4 is 40.8 Å². The molecule has 3 aliphatic carbocycles. The number of nitrogens with two attached hydrogens (primary N) is 1. The van der Waals surface area contributed by atoms with E-state index in [1.807, 2.05) is 0 Å². The van der Waals surface area contributed by atoms with Crippen molar-refractivity contribution in [1.82, 2.24) is 0 Å². The van der Waals surface area contributed by atoms with Gasteiger partial charge in [0.2, 0.25) is 11.7 Å². The predicted octanol–water partition coefficient (Wildman–Crippen LogP) is 1.98. The molecule has 7 N–H and O–H groups in total. The number of ketones is 2. The summed E-state index contributed by atoms with van der Waals surface area (Å²) < 4.78 is 4.54. The number of anilines is 1. The van der Waals surface area contributed by atoms with Crippen LogP contribution < -0.4 is 11.1 Å². The fourth-order valence-corrected chi connectivity index (χ4v) is 6.17. The van der Waals surface area contributed by atoms with Gasteiger partial charge < -0.3 is 36.2 Å². The van der Waals surface area contributed by atoms with Gasteiger partial charge in [-0.3, -0.25) is 24.0 Å². The van der Waals surface area contributed by atoms with Crippen molar-refractivity contribution < 1.29 is 49.1 Å². The Hall–Kier alpha value is -4.97. The second-order valence-electron chi connectivity index (χ2n) is 10.6. The van der Waals surface area contributed by atoms with Crippen LogP contribution in [0.1, 0.15) is 36.8 Å². The van der Waals surface area contributed by atoms with E-state index in [0.29, 0.717) is 22.4 Å². The Bertz CT molecular complexity index is 1620. The number of esters is 1. The number of fused-ring (bicyclic) bond motifs is 3. The third-order valence-corrected chi connectivity index (χ3v) is 8.21. The number of Topliss-reactive ketones (excluding diaryl/α,β-unsaturated/α-hetero) is 2. The zero-order valence-corrected chi connectivity index (χ0v) is 22.5. The summed E-state index contributed by atoms with van der Waals surface area (Å²) in [5, 5.41) is 46.7. The molecule has 1 saturated carbocycles. The van der Waals surface area contributed by atoms with Crippen LogP contribution in [0.3, 0.4) is 0 Å². The summed E-state index contributed by atoms with van der Waals surface area (Å²) >= 11 is 0. The number of amides is 2. The number of carbonyl (C=O) groups excluding carboxylic acids is 5. The molecule has 0 radical (unpaired) electrons. The van der Waals surface area contributed by atoms with Gasteiger partial charge in [-0.25, -0.2) is 0 Å². The first-order valence-corrected chi connectivity index (χ1v) is 13.2. The van der Waals surface area contributed by atoms with Crippen molar-refractivity contribution in [2.24, 2.45) is 17.6 Å². The number of aromatic hydroxyl groups is 1. The average Bonchev–Trinajstić information content (AvgIpc) is 2.94. The molecule has 0 saturated heterocycles. The standard InChI is InChI=1S/C30H28N2O10/c1-42-22(36)9-8-21(35)32-16-4-2-13(3-5-16)17-6-7-19(33)24-18(17)11-14-10-15-12-20(34)25(29(31)40)28(39)30(15,41)27(38)23(14)26(24)37/h2-7,14-15,33,37,39,41H,8-12H2,1H3,(H2,31,40)(H,32,35)/t14-,15+,30+/m1/s1. The Kier molecular flexibility index (Phi) is 7.11. The van der Waals surface area contributed by atoms with Crippen LogP contribution in [-0.4, -0.2) is 62.5 Å². The number of aliphatic hydroxyl groups is 3. The predicted molar refractivity (Wildman–Crippen MR) is 147 cm³/mol. The zero-order valence-electron chi connectivity index (χ0n) is 22.5. The van der Waals surface area contributed by atoms with E-state index in [2.05, 4.69) is 10.1 Å². The number of hydrogen-bond acceptors (Lipinski definition) is 10. The first-order chi connectivity index (χ1) is 19.9. The minimum absolute atomic E-state index is 0.0141. The van der Waals surface area contributed by atoms with Crippen LogP contribution in [-0.2, 0) is 35.1 Å². The molecule has 3 aliphatic rings. The van der Waals surface area contributed by atoms with Gasteiger partial charge in [0.25, 0.3) is 5.91 Å². The third kappa shape index (κ3) is 4.49. The van der Waals surface area contributed by atoms with Gasteiger partial charge in [0.05, 0.1) is 19.1 Å². The number of benzene rings is 2. The van der Waals surface area contributed by atoms with Gasteiger partial charge in [-0.2, -0.15) is 0 Å². The monoisotopic (exact) mass is 576 g/mol. The summed E-state index contributed by atoms with van der Waals surface area (Å²) in [6, 6.07) is 9.74. The molecule has 12 heteroatoms. The molecule has 0 aromatic heterocycles. The van der Waals surface area contributed by atoms with Crippen molar-refractivity contribution in [2.75, 3.05) is 12.4 Å². The Morgan fingerprint density at radius 3 is 2.36 bits per heavy atom. The van der Waals surface area contributed by atoms with Crippen molar-refractivity contribution in [3.63, 3.8) is 0 Å². The number of primary amides is 1. The molecule has 0 spiro atoms. The fraction of sp³-hybridized carbons (Fsp3) is 0.300. The topological polar surface area (TPSA) is 214 Å². The zero-order chi connectivity index (χ0) is 30.5. The lowest BCUT2D eigenvalue weighted by molar-refractivity contribution is -0.147. The molecule has 1 fully saturated rings. The number of aliphatic hydroxyl groups excluding tert-OH is 2. The number of carbonyl (C=O) groups is 5. The molecule has 218 valence electrons. The maximum Gasteiger partial charge on any atom is 0.306 e. The first-order valence-electron chi connectivity index (χ1n) is 13.2. The van der Waals surface area contributed by atoms with E-state index in [0.717, 1.165) is 0 Å². The second-order valence-corrected chi connectivity index (χ2v) is 10.6. The van der Waals surface area contributed by atoms with E-state index >= 15 is 0 Å². The summed E-state index contributed by atoms with van der Waals surface area (Å²) in [5.41, 5.74) is 3.82. The number of ether oxygens (including phenoxy) is 1. The van der Waals surface area contributed by atoms with Crippen molar-refractivity contribution in [3.8, 4) is 16.9 Å². The number of phenolic OH excluding ortho intramolecular Hbond substituents is 1. The Balaban J connectivity index is 1.50. The molecule has 2 aromatic carbocycles. The molecular weight excluding hydrogens is 548 g/mol. The van der Waals surface area contributed by atoms with E-state index < -0.39 is 64.4 Å². The van der Waals surface area contributed by atoms with Crippen molar-refractivity contribution in [2.45, 2.75) is 37.7 Å². The Morgan fingerprint density at radius 2 is 1.71 bits per heavy atom. The van der Waals surface area contributed by atoms with Crippen LogP contribution in [0.25, 0.3) is 16.9 Å². The van der Waals surface area contributed by atoms with Gasteiger partial charge in [-0.1, -0.05) is 18.2 Å². The van der Waals surface area contributed by atoms with Gasteiger partial charge in [0.1, 0.15) is 22.8 Å². The minimum atomic E-state index is -2.63. The molecule has 0 aliphatic heterocycles. The van der Waals surface area contributed by atoms with Gasteiger partial charge in [0, 0.05) is 30.0 Å². The molecule has 0 bridgehead atoms. The number of hydrogen-bond donors (Lipinski definition) is 6. The maximum absolute atomic E-state index is 13.6. The van der Waals surface area contributed by atoms with E-state index in [9.17, 15) is 44.4 Å². The van der Waals surface area contributed by atoms with E-state index in [-0.39, 0.29) is 48.5 Å². The molecular formula is C30H28N2O10. The van der Waals surface area contributed by atoms with Crippen LogP contribution in [0.15, 0.2) is 53.3 Å². The van der Waals surface area contributed by atoms with Crippen LogP contribution in [0.5, 0.6) is 5.75 Å². The Morgan fingerprint density at radius 1 is 1.02 bits per heavy atom. The highest BCUT2D eigenvalue weighted by Crippen LogP contribution is 2.53. The normalized spacial score (nSPS) is 23.1. The Labute approximate surface area is 239 Å². The average molecular weight is 577 g/mol. The first kappa shape index (κ1) is 28.6. The van der Waals surface area contributed by atoms with Gasteiger partial charge in [-0.15, -0.1) is 0 Å². The highest BCUT2D eigenvalue weighted by Gasteiger charge is 2.60. The molecule has 0 unspecified atom stereocenters. The highest BCUT2D eigenvalue weighted by molar-refractivity contribution is 6.22. The van der Waals surface area contributed by atoms with Crippen LogP contribution in [0, 0.1) is 11.8 Å². The lowest BCUT2D eigenvalue weighted by Crippen LogP contribution is -2.58. The maximum atomic E-state index is 13.6. The summed E-state index contributed by atoms with van der Waals surface area (Å²) in [7, 11) is 1.24. The summed E-state index contributed by atoms with van der Waals surface area (Å²) in [4.78, 5) is 61.4. The largest absolute Gasteiger partial charge is 0.508 e. The van der Waals surface area contributed by atoms with Gasteiger partial charge in [0.15, 0.2) is 11.4 Å². The number of nitrogens with one attached hydrogen (secondary N) is 1. The number of phenols is 1. The fourth-order valence-electron chi connectivity index (χ4n) is 6.17. The quantitative estimate of drug-likeness (QED) is 0.217. The summed E-state index contributed by atoms with van der Waals surface area (Å²) in [5.74, 6) is -7.74. The highest BCUT2D eigenvalue weighted by atomic mass is 16.5. The summed E-state index contributed by atoms with van der Waals surface area (Å²) in [6.07, 6.45) is -0.329. The van der Waals surface area contributed by atoms with Gasteiger partial charge >= 0.3 is 5.97 Å². The molecule has 2 amide bonds. The van der Waals surface area contributed by atoms with E-state index in [4.69, 9.17) is 5.73 Å². The number of rotatable bonds is 6. The smallest absolute Gasteiger partial charge is 0.306 e. The molecule has 42 heavy (non-hydrogen) atoms. The lowest BCUT2D eigenvalue weighted by Gasteiger charge is -2.46. The number of methoxy groups -OCH3 is 1. The van der Waals surface area contributed by atoms with Crippen LogP contribution in [0.4, 0.5) is 5.69 Å².